The van der Waals surface area contributed by atoms with E-state index in [0.717, 1.165) is 11.3 Å². The molecule has 0 fully saturated rings. The van der Waals surface area contributed by atoms with Crippen LogP contribution in [-0.4, -0.2) is 4.98 Å². The molecule has 0 aliphatic rings. The number of pyridine rings is 1. The van der Waals surface area contributed by atoms with Crippen LogP contribution < -0.4 is 5.73 Å². The van der Waals surface area contributed by atoms with Gasteiger partial charge in [-0.2, -0.15) is 0 Å². The number of hydrogen-bond donors (Lipinski definition) is 1. The number of nitrogen functional groups attached to an aromatic ring is 1. The minimum atomic E-state index is 0.569. The maximum Gasteiger partial charge on any atom is 0.123 e. The van der Waals surface area contributed by atoms with E-state index in [4.69, 9.17) is 5.73 Å². The number of fused-ring (bicyclic) bond motifs is 1. The van der Waals surface area contributed by atoms with Gasteiger partial charge in [-0.15, -0.1) is 0 Å². The molecule has 0 amide bonds. The average molecular weight is 248 g/mol. The van der Waals surface area contributed by atoms with Crippen LogP contribution in [0.3, 0.4) is 0 Å². The second-order valence-corrected chi connectivity index (χ2v) is 4.85. The second kappa shape index (κ2) is 4.39. The molecule has 94 valence electrons. The molecule has 19 heavy (non-hydrogen) atoms. The predicted molar refractivity (Wildman–Crippen MR) is 81.1 cm³/mol. The Morgan fingerprint density at radius 3 is 2.47 bits per heavy atom. The van der Waals surface area contributed by atoms with Crippen molar-refractivity contribution in [2.24, 2.45) is 0 Å². The highest BCUT2D eigenvalue weighted by atomic mass is 14.8. The van der Waals surface area contributed by atoms with Crippen LogP contribution in [0.2, 0.25) is 0 Å². The van der Waals surface area contributed by atoms with Crippen LogP contribution in [0, 0.1) is 13.8 Å². The van der Waals surface area contributed by atoms with Crippen molar-refractivity contribution in [1.29, 1.82) is 0 Å². The van der Waals surface area contributed by atoms with Crippen LogP contribution in [0.15, 0.2) is 48.5 Å². The van der Waals surface area contributed by atoms with Gasteiger partial charge in [-0.3, -0.25) is 0 Å². The third kappa shape index (κ3) is 1.95. The molecule has 0 spiro atoms. The van der Waals surface area contributed by atoms with Crippen molar-refractivity contribution in [1.82, 2.24) is 4.98 Å². The summed E-state index contributed by atoms with van der Waals surface area (Å²) in [6.07, 6.45) is 0. The maximum absolute atomic E-state index is 5.75. The molecule has 3 rings (SSSR count). The number of hydrogen-bond acceptors (Lipinski definition) is 2. The Hall–Kier alpha value is -2.35. The van der Waals surface area contributed by atoms with Crippen molar-refractivity contribution in [3.05, 3.63) is 59.8 Å². The van der Waals surface area contributed by atoms with Crippen LogP contribution in [-0.2, 0) is 0 Å². The Morgan fingerprint density at radius 2 is 1.68 bits per heavy atom. The van der Waals surface area contributed by atoms with Gasteiger partial charge in [-0.1, -0.05) is 36.4 Å². The molecule has 0 bridgehead atoms. The molecule has 0 saturated carbocycles. The van der Waals surface area contributed by atoms with Gasteiger partial charge >= 0.3 is 0 Å². The summed E-state index contributed by atoms with van der Waals surface area (Å²) in [6, 6.07) is 16.7. The summed E-state index contributed by atoms with van der Waals surface area (Å²) in [4.78, 5) is 4.38. The number of nitrogens with two attached hydrogens (primary N) is 1. The normalized spacial score (nSPS) is 10.8. The minimum Gasteiger partial charge on any atom is -0.384 e. The van der Waals surface area contributed by atoms with Gasteiger partial charge in [0.2, 0.25) is 0 Å². The van der Waals surface area contributed by atoms with Gasteiger partial charge in [-0.05, 0) is 47.9 Å². The summed E-state index contributed by atoms with van der Waals surface area (Å²) in [5.41, 5.74) is 10.4. The highest BCUT2D eigenvalue weighted by molar-refractivity contribution is 5.98. The fourth-order valence-corrected chi connectivity index (χ4v) is 2.58. The van der Waals surface area contributed by atoms with E-state index in [1.54, 1.807) is 0 Å². The molecule has 0 aliphatic carbocycles. The molecule has 2 nitrogen and oxygen atoms in total. The molecule has 2 N–H and O–H groups in total. The first-order valence-corrected chi connectivity index (χ1v) is 6.38. The number of nitrogens with zero attached hydrogens (tertiary/aromatic N) is 1. The molecule has 2 heteroatoms. The van der Waals surface area contributed by atoms with Crippen LogP contribution in [0.5, 0.6) is 0 Å². The summed E-state index contributed by atoms with van der Waals surface area (Å²) in [5, 5.41) is 2.51. The molecule has 0 radical (unpaired) electrons. The van der Waals surface area contributed by atoms with Crippen molar-refractivity contribution in [3.8, 4) is 11.1 Å². The number of anilines is 1. The molecular weight excluding hydrogens is 232 g/mol. The van der Waals surface area contributed by atoms with E-state index in [2.05, 4.69) is 54.4 Å². The highest BCUT2D eigenvalue weighted by Gasteiger charge is 2.10. The Balaban J connectivity index is 2.38. The van der Waals surface area contributed by atoms with E-state index < -0.39 is 0 Å². The molecule has 0 atom stereocenters. The Kier molecular flexibility index (Phi) is 2.71. The van der Waals surface area contributed by atoms with Crippen molar-refractivity contribution >= 4 is 16.6 Å². The Morgan fingerprint density at radius 1 is 0.895 bits per heavy atom. The summed E-state index contributed by atoms with van der Waals surface area (Å²) < 4.78 is 0. The summed E-state index contributed by atoms with van der Waals surface area (Å²) in [7, 11) is 0. The molecule has 3 aromatic rings. The molecule has 0 aliphatic heterocycles. The van der Waals surface area contributed by atoms with Gasteiger partial charge in [0.05, 0.1) is 0 Å². The van der Waals surface area contributed by atoms with Crippen molar-refractivity contribution in [2.45, 2.75) is 13.8 Å². The van der Waals surface area contributed by atoms with Crippen LogP contribution in [0.1, 0.15) is 11.3 Å². The number of benzene rings is 2. The van der Waals surface area contributed by atoms with Crippen molar-refractivity contribution in [2.75, 3.05) is 5.73 Å². The average Bonchev–Trinajstić information content (AvgIpc) is 2.40. The fourth-order valence-electron chi connectivity index (χ4n) is 2.58. The lowest BCUT2D eigenvalue weighted by atomic mass is 9.93. The SMILES string of the molecule is Cc1ccc2ccccc2c1-c1ccc(N)nc1C. The number of aromatic nitrogens is 1. The third-order valence-electron chi connectivity index (χ3n) is 3.51. The minimum absolute atomic E-state index is 0.569. The van der Waals surface area contributed by atoms with Gasteiger partial charge in [0.25, 0.3) is 0 Å². The van der Waals surface area contributed by atoms with E-state index in [1.807, 2.05) is 13.0 Å². The largest absolute Gasteiger partial charge is 0.384 e. The van der Waals surface area contributed by atoms with Gasteiger partial charge in [0, 0.05) is 11.3 Å². The van der Waals surface area contributed by atoms with Crippen molar-refractivity contribution in [3.63, 3.8) is 0 Å². The predicted octanol–water partition coefficient (Wildman–Crippen LogP) is 4.10. The molecular formula is C17H16N2. The lowest BCUT2D eigenvalue weighted by Crippen LogP contribution is -1.96. The molecule has 1 aromatic heterocycles. The number of aryl methyl sites for hydroxylation is 2. The van der Waals surface area contributed by atoms with Crippen LogP contribution in [0.4, 0.5) is 5.82 Å². The Labute approximate surface area is 112 Å². The quantitative estimate of drug-likeness (QED) is 0.704. The molecule has 0 unspecified atom stereocenters. The third-order valence-corrected chi connectivity index (χ3v) is 3.51. The molecule has 2 aromatic carbocycles. The maximum atomic E-state index is 5.75. The smallest absolute Gasteiger partial charge is 0.123 e. The van der Waals surface area contributed by atoms with Gasteiger partial charge in [0.15, 0.2) is 0 Å². The highest BCUT2D eigenvalue weighted by Crippen LogP contribution is 2.33. The zero-order chi connectivity index (χ0) is 13.4. The van der Waals surface area contributed by atoms with Crippen LogP contribution >= 0.6 is 0 Å². The second-order valence-electron chi connectivity index (χ2n) is 4.85. The molecule has 0 saturated heterocycles. The topological polar surface area (TPSA) is 38.9 Å². The van der Waals surface area contributed by atoms with E-state index >= 15 is 0 Å². The van der Waals surface area contributed by atoms with E-state index in [0.29, 0.717) is 5.82 Å². The summed E-state index contributed by atoms with van der Waals surface area (Å²) in [5.74, 6) is 0.569. The van der Waals surface area contributed by atoms with E-state index in [1.165, 1.54) is 21.9 Å². The zero-order valence-electron chi connectivity index (χ0n) is 11.1. The van der Waals surface area contributed by atoms with Gasteiger partial charge in [-0.25, -0.2) is 4.98 Å². The van der Waals surface area contributed by atoms with Gasteiger partial charge in [0.1, 0.15) is 5.82 Å². The number of rotatable bonds is 1. The van der Waals surface area contributed by atoms with Crippen LogP contribution in [0.25, 0.3) is 21.9 Å². The summed E-state index contributed by atoms with van der Waals surface area (Å²) >= 11 is 0. The lowest BCUT2D eigenvalue weighted by Gasteiger charge is -2.13. The zero-order valence-corrected chi connectivity index (χ0v) is 11.1. The summed E-state index contributed by atoms with van der Waals surface area (Å²) in [6.45, 7) is 4.14. The molecule has 1 heterocycles. The van der Waals surface area contributed by atoms with Crippen molar-refractivity contribution < 1.29 is 0 Å². The van der Waals surface area contributed by atoms with E-state index in [-0.39, 0.29) is 0 Å². The lowest BCUT2D eigenvalue weighted by molar-refractivity contribution is 1.21. The van der Waals surface area contributed by atoms with E-state index in [9.17, 15) is 0 Å². The Bertz CT molecular complexity index is 760. The fraction of sp³-hybridized carbons (Fsp3) is 0.118. The first kappa shape index (κ1) is 11.7. The first-order valence-electron chi connectivity index (χ1n) is 6.38. The monoisotopic (exact) mass is 248 g/mol. The first-order chi connectivity index (χ1) is 9.16. The standard InChI is InChI=1S/C17H16N2/c1-11-7-8-13-5-3-4-6-15(13)17(11)14-9-10-16(18)19-12(14)2/h3-10H,1-2H3,(H2,18,19). The van der Waals surface area contributed by atoms with Gasteiger partial charge < -0.3 is 5.73 Å².